The van der Waals surface area contributed by atoms with Gasteiger partial charge in [-0.1, -0.05) is 18.2 Å². The van der Waals surface area contributed by atoms with E-state index in [1.54, 1.807) is 6.07 Å². The SMILES string of the molecule is O=C(OC(F)(F)F)c1nc(-c2ccccc2)oc1C(F)(F)F. The molecule has 0 aliphatic carbocycles. The molecule has 1 aromatic carbocycles. The van der Waals surface area contributed by atoms with Crippen molar-refractivity contribution < 1.29 is 40.3 Å². The van der Waals surface area contributed by atoms with Crippen molar-refractivity contribution in [3.8, 4) is 11.5 Å². The first kappa shape index (κ1) is 15.9. The van der Waals surface area contributed by atoms with E-state index < -0.39 is 35.9 Å². The number of carbonyl (C=O) groups is 1. The van der Waals surface area contributed by atoms with Crippen molar-refractivity contribution in [2.24, 2.45) is 0 Å². The number of rotatable bonds is 2. The van der Waals surface area contributed by atoms with E-state index in [2.05, 4.69) is 14.1 Å². The second kappa shape index (κ2) is 5.35. The Hall–Kier alpha value is -2.52. The number of benzene rings is 1. The molecule has 0 amide bonds. The molecule has 0 spiro atoms. The van der Waals surface area contributed by atoms with Gasteiger partial charge in [0.2, 0.25) is 11.7 Å². The van der Waals surface area contributed by atoms with Gasteiger partial charge in [0.25, 0.3) is 0 Å². The van der Waals surface area contributed by atoms with Crippen molar-refractivity contribution in [1.82, 2.24) is 4.98 Å². The minimum atomic E-state index is -5.44. The lowest BCUT2D eigenvalue weighted by molar-refractivity contribution is -0.292. The first-order chi connectivity index (χ1) is 10.1. The van der Waals surface area contributed by atoms with Gasteiger partial charge in [-0.15, -0.1) is 13.2 Å². The quantitative estimate of drug-likeness (QED) is 0.618. The lowest BCUT2D eigenvalue weighted by Crippen LogP contribution is -2.22. The highest BCUT2D eigenvalue weighted by atomic mass is 19.4. The summed E-state index contributed by atoms with van der Waals surface area (Å²) < 4.78 is 81.5. The molecule has 0 saturated heterocycles. The fourth-order valence-corrected chi connectivity index (χ4v) is 1.51. The van der Waals surface area contributed by atoms with Crippen LogP contribution in [0.1, 0.15) is 16.2 Å². The minimum absolute atomic E-state index is 0.0547. The molecule has 0 unspecified atom stereocenters. The third-order valence-electron chi connectivity index (χ3n) is 2.31. The molecule has 2 rings (SSSR count). The number of carbonyl (C=O) groups excluding carboxylic acids is 1. The number of nitrogens with zero attached hydrogens (tertiary/aromatic N) is 1. The molecule has 0 aliphatic rings. The van der Waals surface area contributed by atoms with Crippen LogP contribution in [0.2, 0.25) is 0 Å². The summed E-state index contributed by atoms with van der Waals surface area (Å²) in [6, 6.07) is 7.06. The van der Waals surface area contributed by atoms with Gasteiger partial charge in [0, 0.05) is 5.56 Å². The normalized spacial score (nSPS) is 12.3. The highest BCUT2D eigenvalue weighted by Crippen LogP contribution is 2.36. The van der Waals surface area contributed by atoms with Crippen molar-refractivity contribution in [3.05, 3.63) is 41.8 Å². The number of ether oxygens (including phenoxy) is 1. The summed E-state index contributed by atoms with van der Waals surface area (Å²) in [6.07, 6.45) is -10.6. The van der Waals surface area contributed by atoms with Crippen molar-refractivity contribution in [2.45, 2.75) is 12.5 Å². The molecule has 0 fully saturated rings. The van der Waals surface area contributed by atoms with Crippen molar-refractivity contribution in [2.75, 3.05) is 0 Å². The van der Waals surface area contributed by atoms with E-state index >= 15 is 0 Å². The van der Waals surface area contributed by atoms with Crippen molar-refractivity contribution >= 4 is 5.97 Å². The Morgan fingerprint density at radius 3 is 2.14 bits per heavy atom. The van der Waals surface area contributed by atoms with Crippen LogP contribution >= 0.6 is 0 Å². The average Bonchev–Trinajstić information content (AvgIpc) is 2.83. The van der Waals surface area contributed by atoms with Gasteiger partial charge in [0.1, 0.15) is 0 Å². The summed E-state index contributed by atoms with van der Waals surface area (Å²) in [7, 11) is 0. The Bertz CT molecular complexity index is 674. The number of hydrogen-bond acceptors (Lipinski definition) is 4. The Labute approximate surface area is 118 Å². The number of alkyl halides is 6. The van der Waals surface area contributed by atoms with E-state index in [1.807, 2.05) is 0 Å². The first-order valence-electron chi connectivity index (χ1n) is 5.51. The number of esters is 1. The molecule has 1 aromatic heterocycles. The molecule has 22 heavy (non-hydrogen) atoms. The number of halogens is 6. The van der Waals surface area contributed by atoms with Crippen molar-refractivity contribution in [1.29, 1.82) is 0 Å². The lowest BCUT2D eigenvalue weighted by Gasteiger charge is -2.07. The maximum absolute atomic E-state index is 12.7. The maximum atomic E-state index is 12.7. The zero-order valence-electron chi connectivity index (χ0n) is 10.3. The topological polar surface area (TPSA) is 52.3 Å². The molecule has 0 N–H and O–H groups in total. The molecule has 118 valence electrons. The fraction of sp³-hybridized carbons (Fsp3) is 0.167. The smallest absolute Gasteiger partial charge is 0.431 e. The van der Waals surface area contributed by atoms with Gasteiger partial charge in [0.15, 0.2) is 5.69 Å². The molecule has 4 nitrogen and oxygen atoms in total. The van der Waals surface area contributed by atoms with Gasteiger partial charge in [-0.3, -0.25) is 0 Å². The number of hydrogen-bond donors (Lipinski definition) is 0. The number of aromatic nitrogens is 1. The average molecular weight is 325 g/mol. The Morgan fingerprint density at radius 2 is 1.64 bits per heavy atom. The predicted molar refractivity (Wildman–Crippen MR) is 58.4 cm³/mol. The van der Waals surface area contributed by atoms with E-state index in [-0.39, 0.29) is 5.56 Å². The highest BCUT2D eigenvalue weighted by molar-refractivity contribution is 5.89. The molecule has 0 bridgehead atoms. The Kier molecular flexibility index (Phi) is 3.86. The van der Waals surface area contributed by atoms with Crippen LogP contribution in [-0.2, 0) is 10.9 Å². The summed E-state index contributed by atoms with van der Waals surface area (Å²) in [6.45, 7) is 0. The van der Waals surface area contributed by atoms with Crippen LogP contribution in [0.5, 0.6) is 0 Å². The Balaban J connectivity index is 2.48. The molecule has 0 atom stereocenters. The van der Waals surface area contributed by atoms with E-state index in [0.717, 1.165) is 0 Å². The van der Waals surface area contributed by atoms with Crippen LogP contribution in [0.15, 0.2) is 34.7 Å². The molecule has 0 saturated carbocycles. The second-order valence-electron chi connectivity index (χ2n) is 3.90. The van der Waals surface area contributed by atoms with Crippen LogP contribution in [0, 0.1) is 0 Å². The summed E-state index contributed by atoms with van der Waals surface area (Å²) in [4.78, 5) is 14.4. The molecule has 2 aromatic rings. The van der Waals surface area contributed by atoms with Crippen LogP contribution in [0.3, 0.4) is 0 Å². The van der Waals surface area contributed by atoms with Gasteiger partial charge in [0.05, 0.1) is 0 Å². The van der Waals surface area contributed by atoms with Crippen LogP contribution in [0.4, 0.5) is 26.3 Å². The zero-order chi connectivity index (χ0) is 16.5. The van der Waals surface area contributed by atoms with E-state index in [0.29, 0.717) is 0 Å². The van der Waals surface area contributed by atoms with Crippen LogP contribution in [0.25, 0.3) is 11.5 Å². The van der Waals surface area contributed by atoms with Crippen LogP contribution in [-0.4, -0.2) is 17.3 Å². The molecular weight excluding hydrogens is 320 g/mol. The molecule has 1 heterocycles. The monoisotopic (exact) mass is 325 g/mol. The van der Waals surface area contributed by atoms with Gasteiger partial charge < -0.3 is 9.15 Å². The van der Waals surface area contributed by atoms with Crippen LogP contribution < -0.4 is 0 Å². The molecular formula is C12H5F6NO3. The summed E-state index contributed by atoms with van der Waals surface area (Å²) in [5, 5.41) is 0. The highest BCUT2D eigenvalue weighted by Gasteiger charge is 2.45. The number of oxazole rings is 1. The maximum Gasteiger partial charge on any atom is 0.575 e. The van der Waals surface area contributed by atoms with Gasteiger partial charge >= 0.3 is 18.5 Å². The lowest BCUT2D eigenvalue weighted by atomic mass is 10.2. The molecule has 10 heteroatoms. The zero-order valence-corrected chi connectivity index (χ0v) is 10.3. The molecule has 0 aliphatic heterocycles. The largest absolute Gasteiger partial charge is 0.575 e. The standard InChI is InChI=1S/C12H5F6NO3/c13-11(14,15)8-7(10(20)22-12(16,17)18)19-9(21-8)6-4-2-1-3-5-6/h1-5H. The van der Waals surface area contributed by atoms with Gasteiger partial charge in [-0.25, -0.2) is 9.78 Å². The van der Waals surface area contributed by atoms with E-state index in [9.17, 15) is 31.1 Å². The van der Waals surface area contributed by atoms with Gasteiger partial charge in [-0.05, 0) is 12.1 Å². The summed E-state index contributed by atoms with van der Waals surface area (Å²) in [5.41, 5.74) is -1.54. The first-order valence-corrected chi connectivity index (χ1v) is 5.51. The van der Waals surface area contributed by atoms with Gasteiger partial charge in [-0.2, -0.15) is 13.2 Å². The third kappa shape index (κ3) is 3.57. The minimum Gasteiger partial charge on any atom is -0.431 e. The van der Waals surface area contributed by atoms with E-state index in [4.69, 9.17) is 0 Å². The third-order valence-corrected chi connectivity index (χ3v) is 2.31. The Morgan fingerprint density at radius 1 is 1.05 bits per heavy atom. The van der Waals surface area contributed by atoms with E-state index in [1.165, 1.54) is 24.3 Å². The fourth-order valence-electron chi connectivity index (χ4n) is 1.51. The summed E-state index contributed by atoms with van der Waals surface area (Å²) >= 11 is 0. The van der Waals surface area contributed by atoms with Crippen molar-refractivity contribution in [3.63, 3.8) is 0 Å². The molecule has 0 radical (unpaired) electrons. The summed E-state index contributed by atoms with van der Waals surface area (Å²) in [5.74, 6) is -4.91. The predicted octanol–water partition coefficient (Wildman–Crippen LogP) is 4.04. The second-order valence-corrected chi connectivity index (χ2v) is 3.90.